The first-order valence-corrected chi connectivity index (χ1v) is 6.42. The fourth-order valence-electron chi connectivity index (χ4n) is 1.72. The number of para-hydroxylation sites is 1. The Kier molecular flexibility index (Phi) is 4.81. The van der Waals surface area contributed by atoms with E-state index in [0.717, 1.165) is 17.1 Å². The van der Waals surface area contributed by atoms with Gasteiger partial charge in [-0.25, -0.2) is 0 Å². The van der Waals surface area contributed by atoms with Gasteiger partial charge in [0.05, 0.1) is 0 Å². The molecular formula is C16H19NO2. The molecule has 2 aromatic carbocycles. The van der Waals surface area contributed by atoms with E-state index in [2.05, 4.69) is 0 Å². The zero-order valence-electron chi connectivity index (χ0n) is 11.1. The molecule has 0 saturated heterocycles. The molecule has 2 aromatic rings. The maximum absolute atomic E-state index is 5.83. The van der Waals surface area contributed by atoms with Gasteiger partial charge in [0.25, 0.3) is 0 Å². The molecule has 0 heterocycles. The van der Waals surface area contributed by atoms with Crippen molar-refractivity contribution in [3.63, 3.8) is 0 Å². The standard InChI is InChI=1S/C16H19NO2/c1-13(17)14-6-5-9-16(12-14)19-11-10-18-15-7-3-2-4-8-15/h2-9,12-13H,10-11,17H2,1H3/t13-/m0/s1. The number of hydrogen-bond donors (Lipinski definition) is 1. The van der Waals surface area contributed by atoms with Crippen molar-refractivity contribution in [2.75, 3.05) is 13.2 Å². The van der Waals surface area contributed by atoms with Crippen molar-refractivity contribution >= 4 is 0 Å². The first-order valence-electron chi connectivity index (χ1n) is 6.42. The largest absolute Gasteiger partial charge is 0.490 e. The van der Waals surface area contributed by atoms with Crippen LogP contribution in [0.3, 0.4) is 0 Å². The quantitative estimate of drug-likeness (QED) is 0.808. The van der Waals surface area contributed by atoms with Gasteiger partial charge in [0, 0.05) is 6.04 Å². The van der Waals surface area contributed by atoms with Gasteiger partial charge >= 0.3 is 0 Å². The fraction of sp³-hybridized carbons (Fsp3) is 0.250. The summed E-state index contributed by atoms with van der Waals surface area (Å²) in [5, 5.41) is 0. The lowest BCUT2D eigenvalue weighted by Crippen LogP contribution is -2.10. The predicted octanol–water partition coefficient (Wildman–Crippen LogP) is 3.16. The number of ether oxygens (including phenoxy) is 2. The summed E-state index contributed by atoms with van der Waals surface area (Å²) < 4.78 is 11.2. The predicted molar refractivity (Wildman–Crippen MR) is 76.5 cm³/mol. The molecule has 0 spiro atoms. The molecule has 0 aliphatic carbocycles. The summed E-state index contributed by atoms with van der Waals surface area (Å²) >= 11 is 0. The highest BCUT2D eigenvalue weighted by atomic mass is 16.5. The van der Waals surface area contributed by atoms with E-state index in [1.165, 1.54) is 0 Å². The Labute approximate surface area is 114 Å². The number of nitrogens with two attached hydrogens (primary N) is 1. The maximum atomic E-state index is 5.83. The van der Waals surface area contributed by atoms with Crippen LogP contribution in [0.4, 0.5) is 0 Å². The lowest BCUT2D eigenvalue weighted by Gasteiger charge is -2.10. The molecule has 0 fully saturated rings. The highest BCUT2D eigenvalue weighted by Gasteiger charge is 2.01. The molecular weight excluding hydrogens is 238 g/mol. The Balaban J connectivity index is 1.78. The van der Waals surface area contributed by atoms with E-state index in [-0.39, 0.29) is 6.04 Å². The maximum Gasteiger partial charge on any atom is 0.122 e. The van der Waals surface area contributed by atoms with Gasteiger partial charge < -0.3 is 15.2 Å². The minimum atomic E-state index is 0.0177. The third-order valence-electron chi connectivity index (χ3n) is 2.75. The molecule has 0 radical (unpaired) electrons. The smallest absolute Gasteiger partial charge is 0.122 e. The Bertz CT molecular complexity index is 497. The molecule has 0 unspecified atom stereocenters. The van der Waals surface area contributed by atoms with E-state index in [0.29, 0.717) is 13.2 Å². The third-order valence-corrected chi connectivity index (χ3v) is 2.75. The lowest BCUT2D eigenvalue weighted by atomic mass is 10.1. The zero-order valence-corrected chi connectivity index (χ0v) is 11.1. The van der Waals surface area contributed by atoms with Crippen LogP contribution in [0.2, 0.25) is 0 Å². The van der Waals surface area contributed by atoms with Crippen LogP contribution in [0.1, 0.15) is 18.5 Å². The minimum Gasteiger partial charge on any atom is -0.490 e. The van der Waals surface area contributed by atoms with Crippen molar-refractivity contribution in [3.05, 3.63) is 60.2 Å². The van der Waals surface area contributed by atoms with Crippen molar-refractivity contribution in [1.82, 2.24) is 0 Å². The Morgan fingerprint density at radius 3 is 2.21 bits per heavy atom. The van der Waals surface area contributed by atoms with Crippen molar-refractivity contribution in [2.45, 2.75) is 13.0 Å². The number of rotatable bonds is 6. The molecule has 3 nitrogen and oxygen atoms in total. The van der Waals surface area contributed by atoms with Crippen LogP contribution in [0.5, 0.6) is 11.5 Å². The Morgan fingerprint density at radius 1 is 0.895 bits per heavy atom. The van der Waals surface area contributed by atoms with Crippen LogP contribution in [0.25, 0.3) is 0 Å². The van der Waals surface area contributed by atoms with Gasteiger partial charge in [0.15, 0.2) is 0 Å². The first-order chi connectivity index (χ1) is 9.25. The molecule has 0 aliphatic heterocycles. The summed E-state index contributed by atoms with van der Waals surface area (Å²) in [5.74, 6) is 1.68. The van der Waals surface area contributed by atoms with Crippen LogP contribution < -0.4 is 15.2 Å². The third kappa shape index (κ3) is 4.30. The number of hydrogen-bond acceptors (Lipinski definition) is 3. The van der Waals surface area contributed by atoms with Crippen LogP contribution in [0.15, 0.2) is 54.6 Å². The topological polar surface area (TPSA) is 44.5 Å². The summed E-state index contributed by atoms with van der Waals surface area (Å²) in [6.45, 7) is 2.99. The van der Waals surface area contributed by atoms with Crippen LogP contribution in [-0.4, -0.2) is 13.2 Å². The van der Waals surface area contributed by atoms with E-state index in [4.69, 9.17) is 15.2 Å². The van der Waals surface area contributed by atoms with Gasteiger partial charge in [-0.2, -0.15) is 0 Å². The zero-order chi connectivity index (χ0) is 13.5. The second-order valence-electron chi connectivity index (χ2n) is 4.37. The van der Waals surface area contributed by atoms with Crippen molar-refractivity contribution in [2.24, 2.45) is 5.73 Å². The summed E-state index contributed by atoms with van der Waals surface area (Å²) in [6.07, 6.45) is 0. The molecule has 0 saturated carbocycles. The van der Waals surface area contributed by atoms with E-state index >= 15 is 0 Å². The minimum absolute atomic E-state index is 0.0177. The molecule has 3 heteroatoms. The summed E-state index contributed by atoms with van der Waals surface area (Å²) in [7, 11) is 0. The molecule has 0 bridgehead atoms. The van der Waals surface area contributed by atoms with E-state index in [9.17, 15) is 0 Å². The molecule has 2 N–H and O–H groups in total. The van der Waals surface area contributed by atoms with Gasteiger partial charge in [-0.3, -0.25) is 0 Å². The molecule has 19 heavy (non-hydrogen) atoms. The summed E-state index contributed by atoms with van der Waals surface area (Å²) in [4.78, 5) is 0. The molecule has 100 valence electrons. The van der Waals surface area contributed by atoms with Crippen molar-refractivity contribution in [3.8, 4) is 11.5 Å². The molecule has 0 aliphatic rings. The van der Waals surface area contributed by atoms with Crippen molar-refractivity contribution in [1.29, 1.82) is 0 Å². The number of benzene rings is 2. The SMILES string of the molecule is C[C@H](N)c1cccc(OCCOc2ccccc2)c1. The van der Waals surface area contributed by atoms with Gasteiger partial charge in [-0.15, -0.1) is 0 Å². The van der Waals surface area contributed by atoms with Crippen molar-refractivity contribution < 1.29 is 9.47 Å². The molecule has 0 aromatic heterocycles. The van der Waals surface area contributed by atoms with E-state index in [1.807, 2.05) is 61.5 Å². The molecule has 0 amide bonds. The summed E-state index contributed by atoms with van der Waals surface area (Å²) in [6, 6.07) is 17.6. The second kappa shape index (κ2) is 6.81. The average Bonchev–Trinajstić information content (AvgIpc) is 2.45. The highest BCUT2D eigenvalue weighted by molar-refractivity contribution is 5.30. The van der Waals surface area contributed by atoms with Crippen LogP contribution >= 0.6 is 0 Å². The Morgan fingerprint density at radius 2 is 1.53 bits per heavy atom. The fourth-order valence-corrected chi connectivity index (χ4v) is 1.72. The van der Waals surface area contributed by atoms with Gasteiger partial charge in [0.2, 0.25) is 0 Å². The second-order valence-corrected chi connectivity index (χ2v) is 4.37. The van der Waals surface area contributed by atoms with E-state index < -0.39 is 0 Å². The molecule has 2 rings (SSSR count). The lowest BCUT2D eigenvalue weighted by molar-refractivity contribution is 0.217. The first kappa shape index (κ1) is 13.4. The van der Waals surface area contributed by atoms with Gasteiger partial charge in [-0.05, 0) is 36.8 Å². The Hall–Kier alpha value is -2.00. The van der Waals surface area contributed by atoms with E-state index in [1.54, 1.807) is 0 Å². The van der Waals surface area contributed by atoms with Crippen LogP contribution in [0, 0.1) is 0 Å². The molecule has 1 atom stereocenters. The van der Waals surface area contributed by atoms with Crippen LogP contribution in [-0.2, 0) is 0 Å². The normalized spacial score (nSPS) is 11.9. The average molecular weight is 257 g/mol. The van der Waals surface area contributed by atoms with Gasteiger partial charge in [0.1, 0.15) is 24.7 Å². The highest BCUT2D eigenvalue weighted by Crippen LogP contribution is 2.17. The van der Waals surface area contributed by atoms with Gasteiger partial charge in [-0.1, -0.05) is 30.3 Å². The monoisotopic (exact) mass is 257 g/mol. The summed E-state index contributed by atoms with van der Waals surface area (Å²) in [5.41, 5.74) is 6.90.